The monoisotopic (exact) mass is 418 g/mol. The molecule has 0 bridgehead atoms. The number of carbonyl (C=O) groups excluding carboxylic acids is 2. The second-order valence-corrected chi connectivity index (χ2v) is 7.64. The van der Waals surface area contributed by atoms with Crippen molar-refractivity contribution in [3.8, 4) is 5.75 Å². The molecular formula is C25H26N2O4. The summed E-state index contributed by atoms with van der Waals surface area (Å²) in [4.78, 5) is 32.5. The molecule has 0 spiro atoms. The van der Waals surface area contributed by atoms with Gasteiger partial charge in [-0.25, -0.2) is 0 Å². The topological polar surface area (TPSA) is 68.7 Å². The van der Waals surface area contributed by atoms with Crippen LogP contribution >= 0.6 is 0 Å². The third-order valence-electron chi connectivity index (χ3n) is 5.68. The molecule has 1 fully saturated rings. The molecule has 0 N–H and O–H groups in total. The number of methoxy groups -OCH3 is 1. The molecule has 1 aromatic heterocycles. The second-order valence-electron chi connectivity index (χ2n) is 7.64. The van der Waals surface area contributed by atoms with Gasteiger partial charge in [0.05, 0.1) is 36.4 Å². The van der Waals surface area contributed by atoms with Crippen LogP contribution in [0.1, 0.15) is 35.7 Å². The van der Waals surface area contributed by atoms with Crippen molar-refractivity contribution in [3.63, 3.8) is 0 Å². The number of hydrogen-bond acceptors (Lipinski definition) is 6. The van der Waals surface area contributed by atoms with Crippen molar-refractivity contribution in [2.24, 2.45) is 5.92 Å². The van der Waals surface area contributed by atoms with Gasteiger partial charge in [0, 0.05) is 30.2 Å². The van der Waals surface area contributed by atoms with E-state index in [9.17, 15) is 9.59 Å². The van der Waals surface area contributed by atoms with Gasteiger partial charge in [0.2, 0.25) is 0 Å². The molecule has 6 heteroatoms. The van der Waals surface area contributed by atoms with E-state index in [1.807, 2.05) is 43.3 Å². The summed E-state index contributed by atoms with van der Waals surface area (Å²) in [6, 6.07) is 14.9. The molecule has 6 nitrogen and oxygen atoms in total. The lowest BCUT2D eigenvalue weighted by molar-refractivity contribution is -0.148. The number of ether oxygens (including phenoxy) is 2. The Morgan fingerprint density at radius 3 is 2.71 bits per heavy atom. The molecule has 1 aliphatic rings. The number of pyridine rings is 1. The average Bonchev–Trinajstić information content (AvgIpc) is 2.83. The Balaban J connectivity index is 1.84. The highest BCUT2D eigenvalue weighted by Crippen LogP contribution is 2.36. The number of fused-ring (bicyclic) bond motifs is 1. The first-order chi connectivity index (χ1) is 15.1. The average molecular weight is 418 g/mol. The Labute approximate surface area is 181 Å². The molecule has 0 unspecified atom stereocenters. The smallest absolute Gasteiger partial charge is 0.310 e. The molecule has 31 heavy (non-hydrogen) atoms. The highest BCUT2D eigenvalue weighted by atomic mass is 16.5. The third kappa shape index (κ3) is 4.24. The van der Waals surface area contributed by atoms with Gasteiger partial charge in [-0.05, 0) is 38.0 Å². The standard InChI is InChI=1S/C25H26N2O4/c1-3-31-25(29)18-10-7-13-27(16-18)23-20-14-19(30-2)11-12-22(20)26-15-21(23)24(28)17-8-5-4-6-9-17/h4-6,8-9,11-12,14-15,18H,3,7,10,13,16H2,1-2H3/t18-/m0/s1. The van der Waals surface area contributed by atoms with Crippen LogP contribution in [-0.2, 0) is 9.53 Å². The number of aromatic nitrogens is 1. The predicted molar refractivity (Wildman–Crippen MR) is 120 cm³/mol. The number of carbonyl (C=O) groups is 2. The Kier molecular flexibility index (Phi) is 6.16. The van der Waals surface area contributed by atoms with Crippen molar-refractivity contribution >= 4 is 28.3 Å². The fraction of sp³-hybridized carbons (Fsp3) is 0.320. The Morgan fingerprint density at radius 1 is 1.16 bits per heavy atom. The number of nitrogens with zero attached hydrogens (tertiary/aromatic N) is 2. The Bertz CT molecular complexity index is 1100. The van der Waals surface area contributed by atoms with Crippen LogP contribution in [0.3, 0.4) is 0 Å². The summed E-state index contributed by atoms with van der Waals surface area (Å²) < 4.78 is 10.7. The summed E-state index contributed by atoms with van der Waals surface area (Å²) in [7, 11) is 1.62. The first kappa shape index (κ1) is 20.8. The van der Waals surface area contributed by atoms with Crippen molar-refractivity contribution in [3.05, 3.63) is 65.9 Å². The predicted octanol–water partition coefficient (Wildman–Crippen LogP) is 4.25. The number of piperidine rings is 1. The minimum absolute atomic E-state index is 0.0916. The molecule has 4 rings (SSSR count). The number of esters is 1. The van der Waals surface area contributed by atoms with Gasteiger partial charge >= 0.3 is 5.97 Å². The van der Waals surface area contributed by atoms with E-state index in [-0.39, 0.29) is 17.7 Å². The van der Waals surface area contributed by atoms with Gasteiger partial charge in [0.25, 0.3) is 0 Å². The zero-order chi connectivity index (χ0) is 21.8. The van der Waals surface area contributed by atoms with Crippen molar-refractivity contribution in [2.75, 3.05) is 31.7 Å². The van der Waals surface area contributed by atoms with Gasteiger partial charge in [-0.1, -0.05) is 30.3 Å². The molecular weight excluding hydrogens is 392 g/mol. The van der Waals surface area contributed by atoms with Gasteiger partial charge in [0.15, 0.2) is 5.78 Å². The number of rotatable bonds is 6. The van der Waals surface area contributed by atoms with Gasteiger partial charge in [-0.2, -0.15) is 0 Å². The van der Waals surface area contributed by atoms with E-state index >= 15 is 0 Å². The van der Waals surface area contributed by atoms with Gasteiger partial charge in [-0.3, -0.25) is 14.6 Å². The van der Waals surface area contributed by atoms with E-state index in [4.69, 9.17) is 9.47 Å². The van der Waals surface area contributed by atoms with Gasteiger partial charge < -0.3 is 14.4 Å². The van der Waals surface area contributed by atoms with E-state index in [0.717, 1.165) is 36.0 Å². The molecule has 160 valence electrons. The SMILES string of the molecule is CCOC(=O)[C@H]1CCCN(c2c(C(=O)c3ccccc3)cnc3ccc(OC)cc23)C1. The lowest BCUT2D eigenvalue weighted by atomic mass is 9.94. The van der Waals surface area contributed by atoms with Crippen LogP contribution < -0.4 is 9.64 Å². The normalized spacial score (nSPS) is 16.2. The fourth-order valence-electron chi connectivity index (χ4n) is 4.17. The zero-order valence-corrected chi connectivity index (χ0v) is 17.8. The Morgan fingerprint density at radius 2 is 1.97 bits per heavy atom. The van der Waals surface area contributed by atoms with Crippen LogP contribution in [0.5, 0.6) is 5.75 Å². The van der Waals surface area contributed by atoms with Crippen LogP contribution in [0.15, 0.2) is 54.7 Å². The number of anilines is 1. The van der Waals surface area contributed by atoms with Crippen LogP contribution in [0.25, 0.3) is 10.9 Å². The van der Waals surface area contributed by atoms with Crippen molar-refractivity contribution < 1.29 is 19.1 Å². The molecule has 1 saturated heterocycles. The molecule has 2 aromatic carbocycles. The molecule has 2 heterocycles. The maximum absolute atomic E-state index is 13.4. The molecule has 0 aliphatic carbocycles. The number of hydrogen-bond donors (Lipinski definition) is 0. The molecule has 3 aromatic rings. The lowest BCUT2D eigenvalue weighted by Crippen LogP contribution is -2.40. The highest BCUT2D eigenvalue weighted by Gasteiger charge is 2.30. The van der Waals surface area contributed by atoms with E-state index in [1.165, 1.54) is 0 Å². The molecule has 0 radical (unpaired) electrons. The lowest BCUT2D eigenvalue weighted by Gasteiger charge is -2.35. The first-order valence-corrected chi connectivity index (χ1v) is 10.6. The molecule has 0 amide bonds. The first-order valence-electron chi connectivity index (χ1n) is 10.6. The van der Waals surface area contributed by atoms with E-state index in [0.29, 0.717) is 30.0 Å². The van der Waals surface area contributed by atoms with Crippen molar-refractivity contribution in [2.45, 2.75) is 19.8 Å². The molecule has 1 aliphatic heterocycles. The summed E-state index contributed by atoms with van der Waals surface area (Å²) in [6.45, 7) is 3.44. The van der Waals surface area contributed by atoms with Crippen LogP contribution in [-0.4, -0.2) is 43.5 Å². The van der Waals surface area contributed by atoms with Gasteiger partial charge in [-0.15, -0.1) is 0 Å². The summed E-state index contributed by atoms with van der Waals surface area (Å²) in [5, 5.41) is 0.839. The summed E-state index contributed by atoms with van der Waals surface area (Å²) in [6.07, 6.45) is 3.27. The fourth-order valence-corrected chi connectivity index (χ4v) is 4.17. The minimum atomic E-state index is -0.220. The van der Waals surface area contributed by atoms with Crippen LogP contribution in [0.4, 0.5) is 5.69 Å². The molecule has 0 saturated carbocycles. The van der Waals surface area contributed by atoms with Crippen molar-refractivity contribution in [1.82, 2.24) is 4.98 Å². The van der Waals surface area contributed by atoms with Gasteiger partial charge in [0.1, 0.15) is 5.75 Å². The summed E-state index contributed by atoms with van der Waals surface area (Å²) in [5.41, 5.74) is 2.70. The van der Waals surface area contributed by atoms with Crippen LogP contribution in [0, 0.1) is 5.92 Å². The van der Waals surface area contributed by atoms with E-state index < -0.39 is 0 Å². The Hall–Kier alpha value is -3.41. The quantitative estimate of drug-likeness (QED) is 0.440. The minimum Gasteiger partial charge on any atom is -0.497 e. The van der Waals surface area contributed by atoms with E-state index in [2.05, 4.69) is 9.88 Å². The summed E-state index contributed by atoms with van der Waals surface area (Å²) >= 11 is 0. The van der Waals surface area contributed by atoms with Crippen LogP contribution in [0.2, 0.25) is 0 Å². The maximum Gasteiger partial charge on any atom is 0.310 e. The van der Waals surface area contributed by atoms with Crippen molar-refractivity contribution in [1.29, 1.82) is 0 Å². The molecule has 1 atom stereocenters. The number of benzene rings is 2. The second kappa shape index (κ2) is 9.16. The summed E-state index contributed by atoms with van der Waals surface area (Å²) in [5.74, 6) is 0.200. The highest BCUT2D eigenvalue weighted by molar-refractivity contribution is 6.16. The third-order valence-corrected chi connectivity index (χ3v) is 5.68. The number of ketones is 1. The van der Waals surface area contributed by atoms with E-state index in [1.54, 1.807) is 25.4 Å². The zero-order valence-electron chi connectivity index (χ0n) is 17.8. The largest absolute Gasteiger partial charge is 0.497 e. The maximum atomic E-state index is 13.4.